The first-order valence-electron chi connectivity index (χ1n) is 10.8. The molecule has 0 bridgehead atoms. The summed E-state index contributed by atoms with van der Waals surface area (Å²) in [6.07, 6.45) is 0. The van der Waals surface area contributed by atoms with E-state index in [1.165, 1.54) is 5.56 Å². The van der Waals surface area contributed by atoms with Crippen LogP contribution in [-0.2, 0) is 4.79 Å². The quantitative estimate of drug-likeness (QED) is 0.703. The van der Waals surface area contributed by atoms with E-state index in [0.717, 1.165) is 31.7 Å². The fourth-order valence-electron chi connectivity index (χ4n) is 4.25. The van der Waals surface area contributed by atoms with Gasteiger partial charge in [-0.3, -0.25) is 14.6 Å². The summed E-state index contributed by atoms with van der Waals surface area (Å²) in [6, 6.07) is 8.22. The molecule has 4 rings (SSSR count). The van der Waals surface area contributed by atoms with Crippen molar-refractivity contribution in [2.45, 2.75) is 53.1 Å². The molecule has 162 valence electrons. The highest BCUT2D eigenvalue weighted by Gasteiger charge is 2.60. The van der Waals surface area contributed by atoms with Crippen LogP contribution < -0.4 is 0 Å². The predicted octanol–water partition coefficient (Wildman–Crippen LogP) is 3.33. The Balaban J connectivity index is 1.33. The van der Waals surface area contributed by atoms with Gasteiger partial charge in [0.15, 0.2) is 0 Å². The Bertz CT molecular complexity index is 910. The molecule has 0 saturated carbocycles. The van der Waals surface area contributed by atoms with Crippen molar-refractivity contribution < 1.29 is 9.32 Å². The van der Waals surface area contributed by atoms with Crippen LogP contribution in [0.2, 0.25) is 0 Å². The smallest absolute Gasteiger partial charge is 0.244 e. The Morgan fingerprint density at radius 2 is 1.70 bits per heavy atom. The molecule has 0 unspecified atom stereocenters. The van der Waals surface area contributed by atoms with Gasteiger partial charge in [0.2, 0.25) is 17.6 Å². The van der Waals surface area contributed by atoms with Gasteiger partial charge < -0.3 is 9.42 Å². The molecule has 0 spiro atoms. The molecule has 1 aromatic heterocycles. The van der Waals surface area contributed by atoms with Gasteiger partial charge in [-0.15, -0.1) is 0 Å². The van der Waals surface area contributed by atoms with Gasteiger partial charge in [0.05, 0.1) is 23.7 Å². The summed E-state index contributed by atoms with van der Waals surface area (Å²) in [5.74, 6) is 1.54. The van der Waals surface area contributed by atoms with Gasteiger partial charge in [-0.05, 0) is 41.5 Å². The van der Waals surface area contributed by atoms with Gasteiger partial charge in [-0.1, -0.05) is 35.0 Å². The van der Waals surface area contributed by atoms with E-state index in [0.29, 0.717) is 18.4 Å². The molecule has 2 aliphatic heterocycles. The molecule has 30 heavy (non-hydrogen) atoms. The van der Waals surface area contributed by atoms with E-state index in [-0.39, 0.29) is 22.9 Å². The first-order valence-corrected chi connectivity index (χ1v) is 10.8. The topological polar surface area (TPSA) is 65.7 Å². The molecule has 2 fully saturated rings. The molecular weight excluding hydrogens is 378 g/mol. The van der Waals surface area contributed by atoms with Crippen molar-refractivity contribution in [3.05, 3.63) is 35.7 Å². The van der Waals surface area contributed by atoms with Crippen LogP contribution in [0.4, 0.5) is 0 Å². The molecule has 1 aromatic carbocycles. The van der Waals surface area contributed by atoms with Gasteiger partial charge in [0, 0.05) is 31.7 Å². The molecule has 1 amide bonds. The van der Waals surface area contributed by atoms with Crippen molar-refractivity contribution >= 4 is 5.91 Å². The Labute approximate surface area is 179 Å². The van der Waals surface area contributed by atoms with Crippen LogP contribution in [0.25, 0.3) is 11.4 Å². The van der Waals surface area contributed by atoms with E-state index in [4.69, 9.17) is 4.52 Å². The van der Waals surface area contributed by atoms with Crippen molar-refractivity contribution in [1.29, 1.82) is 0 Å². The number of likely N-dealkylation sites (tertiary alicyclic amines) is 1. The minimum Gasteiger partial charge on any atom is -0.337 e. The second kappa shape index (κ2) is 7.46. The van der Waals surface area contributed by atoms with Crippen LogP contribution >= 0.6 is 0 Å². The van der Waals surface area contributed by atoms with Crippen LogP contribution in [0, 0.1) is 12.3 Å². The summed E-state index contributed by atoms with van der Waals surface area (Å²) in [5, 5.41) is 4.18. The number of benzene rings is 1. The third-order valence-corrected chi connectivity index (χ3v) is 7.39. The van der Waals surface area contributed by atoms with Gasteiger partial charge in [0.25, 0.3) is 0 Å². The Morgan fingerprint density at radius 3 is 2.30 bits per heavy atom. The van der Waals surface area contributed by atoms with Crippen LogP contribution in [0.15, 0.2) is 28.8 Å². The lowest BCUT2D eigenvalue weighted by atomic mass is 9.64. The number of piperazine rings is 1. The van der Waals surface area contributed by atoms with E-state index in [2.05, 4.69) is 59.8 Å². The molecule has 0 aliphatic carbocycles. The van der Waals surface area contributed by atoms with Crippen molar-refractivity contribution in [3.63, 3.8) is 0 Å². The Kier molecular flexibility index (Phi) is 5.22. The number of amides is 1. The lowest BCUT2D eigenvalue weighted by Crippen LogP contribution is -2.74. The third kappa shape index (κ3) is 3.44. The fraction of sp³-hybridized carbons (Fsp3) is 0.609. The first-order chi connectivity index (χ1) is 14.1. The summed E-state index contributed by atoms with van der Waals surface area (Å²) in [5.41, 5.74) is 1.79. The lowest BCUT2D eigenvalue weighted by Gasteiger charge is -2.61. The average molecular weight is 412 g/mol. The number of β-lactam (4-membered cyclic amide) rings is 1. The van der Waals surface area contributed by atoms with Gasteiger partial charge in [0.1, 0.15) is 0 Å². The largest absolute Gasteiger partial charge is 0.337 e. The zero-order valence-electron chi connectivity index (χ0n) is 19.0. The van der Waals surface area contributed by atoms with E-state index in [1.807, 2.05) is 30.9 Å². The van der Waals surface area contributed by atoms with Crippen LogP contribution in [0.1, 0.15) is 52.1 Å². The van der Waals surface area contributed by atoms with Crippen molar-refractivity contribution in [3.8, 4) is 11.4 Å². The number of rotatable bonds is 5. The summed E-state index contributed by atoms with van der Waals surface area (Å²) >= 11 is 0. The normalized spacial score (nSPS) is 22.7. The number of aryl methyl sites for hydroxylation is 1. The molecule has 2 aliphatic rings. The van der Waals surface area contributed by atoms with Gasteiger partial charge >= 0.3 is 0 Å². The average Bonchev–Trinajstić information content (AvgIpc) is 3.22. The predicted molar refractivity (Wildman–Crippen MR) is 116 cm³/mol. The fourth-order valence-corrected chi connectivity index (χ4v) is 4.25. The Morgan fingerprint density at radius 1 is 1.07 bits per heavy atom. The highest BCUT2D eigenvalue weighted by molar-refractivity contribution is 5.90. The number of hydrogen-bond donors (Lipinski definition) is 0. The standard InChI is InChI=1S/C23H33N5O2/c1-16-7-9-18(10-8-16)19-24-20(30-25-19)17(2)27-13-11-26(12-14-27)15-28-21(29)22(3,4)23(28,5)6/h7-10,17H,11-15H2,1-6H3/t17-/m1/s1. The summed E-state index contributed by atoms with van der Waals surface area (Å²) in [7, 11) is 0. The molecule has 7 nitrogen and oxygen atoms in total. The Hall–Kier alpha value is -2.25. The van der Waals surface area contributed by atoms with Crippen LogP contribution in [0.5, 0.6) is 0 Å². The minimum atomic E-state index is -0.281. The summed E-state index contributed by atoms with van der Waals surface area (Å²) < 4.78 is 5.58. The maximum absolute atomic E-state index is 12.5. The molecule has 1 atom stereocenters. The minimum absolute atomic E-state index is 0.0693. The number of aromatic nitrogens is 2. The molecule has 2 aromatic rings. The number of hydrogen-bond acceptors (Lipinski definition) is 6. The maximum Gasteiger partial charge on any atom is 0.244 e. The molecule has 7 heteroatoms. The van der Waals surface area contributed by atoms with E-state index >= 15 is 0 Å². The van der Waals surface area contributed by atoms with Crippen LogP contribution in [0.3, 0.4) is 0 Å². The van der Waals surface area contributed by atoms with Crippen LogP contribution in [-0.4, -0.2) is 69.1 Å². The molecular formula is C23H33N5O2. The van der Waals surface area contributed by atoms with Crippen molar-refractivity contribution in [2.24, 2.45) is 5.41 Å². The number of carbonyl (C=O) groups is 1. The second-order valence-electron chi connectivity index (χ2n) is 9.71. The van der Waals surface area contributed by atoms with Crippen molar-refractivity contribution in [1.82, 2.24) is 24.8 Å². The molecule has 0 N–H and O–H groups in total. The maximum atomic E-state index is 12.5. The molecule has 3 heterocycles. The van der Waals surface area contributed by atoms with E-state index in [9.17, 15) is 4.79 Å². The SMILES string of the molecule is Cc1ccc(-c2noc([C@@H](C)N3CCN(CN4C(=O)C(C)(C)C4(C)C)CC3)n2)cc1. The number of carbonyl (C=O) groups excluding carboxylic acids is 1. The zero-order chi connectivity index (χ0) is 21.7. The summed E-state index contributed by atoms with van der Waals surface area (Å²) in [6.45, 7) is 17.0. The highest BCUT2D eigenvalue weighted by atomic mass is 16.5. The monoisotopic (exact) mass is 411 g/mol. The summed E-state index contributed by atoms with van der Waals surface area (Å²) in [4.78, 5) is 23.9. The van der Waals surface area contributed by atoms with E-state index < -0.39 is 0 Å². The molecule has 0 radical (unpaired) electrons. The zero-order valence-corrected chi connectivity index (χ0v) is 19.0. The van der Waals surface area contributed by atoms with Gasteiger partial charge in [-0.25, -0.2) is 0 Å². The second-order valence-corrected chi connectivity index (χ2v) is 9.71. The first kappa shape index (κ1) is 21.0. The van der Waals surface area contributed by atoms with Gasteiger partial charge in [-0.2, -0.15) is 4.98 Å². The third-order valence-electron chi connectivity index (χ3n) is 7.39. The lowest BCUT2D eigenvalue weighted by molar-refractivity contribution is -0.189. The van der Waals surface area contributed by atoms with Crippen molar-refractivity contribution in [2.75, 3.05) is 32.8 Å². The van der Waals surface area contributed by atoms with E-state index in [1.54, 1.807) is 0 Å². The number of nitrogens with zero attached hydrogens (tertiary/aromatic N) is 5. The molecule has 2 saturated heterocycles. The highest BCUT2D eigenvalue weighted by Crippen LogP contribution is 2.47.